The van der Waals surface area contributed by atoms with E-state index in [1.807, 2.05) is 0 Å². The molecule has 0 aromatic heterocycles. The molecule has 0 bridgehead atoms. The molecule has 18 heavy (non-hydrogen) atoms. The summed E-state index contributed by atoms with van der Waals surface area (Å²) >= 11 is 0. The fourth-order valence-corrected chi connectivity index (χ4v) is 1.54. The van der Waals surface area contributed by atoms with Crippen molar-refractivity contribution in [3.05, 3.63) is 0 Å². The van der Waals surface area contributed by atoms with Crippen molar-refractivity contribution in [2.75, 3.05) is 13.1 Å². The molecule has 0 unspecified atom stereocenters. The molecule has 0 saturated carbocycles. The normalized spacial score (nSPS) is 10.6. The smallest absolute Gasteiger partial charge is 0.310 e. The Morgan fingerprint density at radius 2 is 1.78 bits per heavy atom. The second kappa shape index (κ2) is 8.51. The molecule has 2 N–H and O–H groups in total. The van der Waals surface area contributed by atoms with Crippen LogP contribution in [-0.2, 0) is 9.59 Å². The van der Waals surface area contributed by atoms with Crippen LogP contribution in [0.3, 0.4) is 0 Å². The van der Waals surface area contributed by atoms with Gasteiger partial charge >= 0.3 is 11.8 Å². The van der Waals surface area contributed by atoms with Crippen LogP contribution in [0, 0.1) is 16.7 Å². The number of hydrogen-bond acceptors (Lipinski definition) is 3. The van der Waals surface area contributed by atoms with Crippen molar-refractivity contribution in [1.82, 2.24) is 10.6 Å². The zero-order valence-corrected chi connectivity index (χ0v) is 11.5. The Bertz CT molecular complexity index is 319. The van der Waals surface area contributed by atoms with Crippen LogP contribution in [-0.4, -0.2) is 24.9 Å². The average Bonchev–Trinajstić information content (AvgIpc) is 2.33. The number of nitrogens with zero attached hydrogens (tertiary/aromatic N) is 1. The van der Waals surface area contributed by atoms with E-state index < -0.39 is 11.8 Å². The van der Waals surface area contributed by atoms with Crippen LogP contribution in [0.25, 0.3) is 0 Å². The van der Waals surface area contributed by atoms with Gasteiger partial charge in [0.2, 0.25) is 0 Å². The molecule has 0 rings (SSSR count). The first-order valence-electron chi connectivity index (χ1n) is 6.36. The average molecular weight is 253 g/mol. The van der Waals surface area contributed by atoms with Gasteiger partial charge in [0.25, 0.3) is 0 Å². The lowest BCUT2D eigenvalue weighted by molar-refractivity contribution is -0.139. The molecule has 0 aromatic carbocycles. The van der Waals surface area contributed by atoms with Crippen LogP contribution in [0.15, 0.2) is 0 Å². The Balaban J connectivity index is 3.95. The standard InChI is InChI=1S/C13H23N3O2/c1-4-5-6-7-13(2,3)10-16-12(18)11(17)15-9-8-14/h4-7,9-10H2,1-3H3,(H,15,17)(H,16,18). The number of hydrogen-bond donors (Lipinski definition) is 2. The van der Waals surface area contributed by atoms with Gasteiger partial charge in [0.1, 0.15) is 6.54 Å². The van der Waals surface area contributed by atoms with Crippen molar-refractivity contribution in [2.24, 2.45) is 5.41 Å². The minimum atomic E-state index is -0.749. The predicted octanol–water partition coefficient (Wildman–Crippen LogP) is 1.35. The molecule has 0 aliphatic rings. The van der Waals surface area contributed by atoms with E-state index in [2.05, 4.69) is 31.4 Å². The molecule has 0 radical (unpaired) electrons. The molecule has 0 heterocycles. The molecule has 5 nitrogen and oxygen atoms in total. The van der Waals surface area contributed by atoms with E-state index in [9.17, 15) is 9.59 Å². The van der Waals surface area contributed by atoms with Crippen LogP contribution in [0.4, 0.5) is 0 Å². The maximum atomic E-state index is 11.4. The van der Waals surface area contributed by atoms with Gasteiger partial charge in [-0.2, -0.15) is 5.26 Å². The Labute approximate surface area is 109 Å². The summed E-state index contributed by atoms with van der Waals surface area (Å²) < 4.78 is 0. The van der Waals surface area contributed by atoms with Crippen molar-refractivity contribution < 1.29 is 9.59 Å². The zero-order valence-electron chi connectivity index (χ0n) is 11.5. The quantitative estimate of drug-likeness (QED) is 0.408. The number of nitrogens with one attached hydrogen (secondary N) is 2. The summed E-state index contributed by atoms with van der Waals surface area (Å²) in [5.74, 6) is -1.42. The highest BCUT2D eigenvalue weighted by Gasteiger charge is 2.20. The van der Waals surface area contributed by atoms with Crippen LogP contribution in [0.5, 0.6) is 0 Å². The summed E-state index contributed by atoms with van der Waals surface area (Å²) in [5, 5.41) is 13.1. The third kappa shape index (κ3) is 7.66. The van der Waals surface area contributed by atoms with E-state index in [4.69, 9.17) is 5.26 Å². The summed E-state index contributed by atoms with van der Waals surface area (Å²) in [6.07, 6.45) is 4.49. The van der Waals surface area contributed by atoms with Gasteiger partial charge in [0.15, 0.2) is 0 Å². The molecular formula is C13H23N3O2. The van der Waals surface area contributed by atoms with Crippen LogP contribution in [0.1, 0.15) is 46.5 Å². The third-order valence-electron chi connectivity index (χ3n) is 2.72. The highest BCUT2D eigenvalue weighted by molar-refractivity contribution is 6.35. The first-order chi connectivity index (χ1) is 8.43. The molecular weight excluding hydrogens is 230 g/mol. The number of unbranched alkanes of at least 4 members (excludes halogenated alkanes) is 2. The minimum absolute atomic E-state index is 0.0136. The maximum Gasteiger partial charge on any atom is 0.310 e. The topological polar surface area (TPSA) is 82.0 Å². The molecule has 2 amide bonds. The van der Waals surface area contributed by atoms with E-state index >= 15 is 0 Å². The Morgan fingerprint density at radius 3 is 2.33 bits per heavy atom. The van der Waals surface area contributed by atoms with Crippen LogP contribution < -0.4 is 10.6 Å². The molecule has 0 fully saturated rings. The summed E-state index contributed by atoms with van der Waals surface area (Å²) in [6, 6.07) is 1.75. The fraction of sp³-hybridized carbons (Fsp3) is 0.769. The molecule has 0 aliphatic carbocycles. The highest BCUT2D eigenvalue weighted by atomic mass is 16.2. The van der Waals surface area contributed by atoms with Gasteiger partial charge in [0, 0.05) is 6.54 Å². The van der Waals surface area contributed by atoms with E-state index in [0.717, 1.165) is 12.8 Å². The number of carbonyl (C=O) groups excluding carboxylic acids is 2. The Hall–Kier alpha value is -1.57. The largest absolute Gasteiger partial charge is 0.347 e. The van der Waals surface area contributed by atoms with E-state index in [0.29, 0.717) is 6.54 Å². The third-order valence-corrected chi connectivity index (χ3v) is 2.72. The second-order valence-corrected chi connectivity index (χ2v) is 5.14. The minimum Gasteiger partial charge on any atom is -0.347 e. The van der Waals surface area contributed by atoms with E-state index in [1.54, 1.807) is 6.07 Å². The summed E-state index contributed by atoms with van der Waals surface area (Å²) in [4.78, 5) is 22.6. The molecule has 0 saturated heterocycles. The molecule has 0 spiro atoms. The Morgan fingerprint density at radius 1 is 1.17 bits per heavy atom. The van der Waals surface area contributed by atoms with Crippen LogP contribution >= 0.6 is 0 Å². The number of rotatable bonds is 7. The maximum absolute atomic E-state index is 11.4. The van der Waals surface area contributed by atoms with Crippen molar-refractivity contribution in [3.8, 4) is 6.07 Å². The van der Waals surface area contributed by atoms with Crippen molar-refractivity contribution >= 4 is 11.8 Å². The lowest BCUT2D eigenvalue weighted by Gasteiger charge is -2.24. The summed E-state index contributed by atoms with van der Waals surface area (Å²) in [6.45, 7) is 6.60. The van der Waals surface area contributed by atoms with Gasteiger partial charge < -0.3 is 10.6 Å². The van der Waals surface area contributed by atoms with Crippen molar-refractivity contribution in [3.63, 3.8) is 0 Å². The lowest BCUT2D eigenvalue weighted by atomic mass is 9.87. The molecule has 0 aliphatic heterocycles. The Kier molecular flexibility index (Phi) is 7.77. The first kappa shape index (κ1) is 16.4. The van der Waals surface area contributed by atoms with Gasteiger partial charge in [-0.05, 0) is 11.8 Å². The van der Waals surface area contributed by atoms with Crippen molar-refractivity contribution in [1.29, 1.82) is 5.26 Å². The number of nitriles is 1. The SMILES string of the molecule is CCCCCC(C)(C)CNC(=O)C(=O)NCC#N. The lowest BCUT2D eigenvalue weighted by Crippen LogP contribution is -2.43. The van der Waals surface area contributed by atoms with E-state index in [1.165, 1.54) is 12.8 Å². The van der Waals surface area contributed by atoms with Gasteiger partial charge in [-0.15, -0.1) is 0 Å². The monoisotopic (exact) mass is 253 g/mol. The van der Waals surface area contributed by atoms with Gasteiger partial charge in [-0.1, -0.05) is 40.0 Å². The van der Waals surface area contributed by atoms with E-state index in [-0.39, 0.29) is 12.0 Å². The zero-order chi connectivity index (χ0) is 14.0. The second-order valence-electron chi connectivity index (χ2n) is 5.14. The molecule has 102 valence electrons. The van der Waals surface area contributed by atoms with Gasteiger partial charge in [-0.25, -0.2) is 0 Å². The van der Waals surface area contributed by atoms with Crippen LogP contribution in [0.2, 0.25) is 0 Å². The predicted molar refractivity (Wildman–Crippen MR) is 69.6 cm³/mol. The van der Waals surface area contributed by atoms with Gasteiger partial charge in [-0.3, -0.25) is 9.59 Å². The highest BCUT2D eigenvalue weighted by Crippen LogP contribution is 2.22. The molecule has 5 heteroatoms. The summed E-state index contributed by atoms with van der Waals surface area (Å²) in [7, 11) is 0. The summed E-state index contributed by atoms with van der Waals surface area (Å²) in [5.41, 5.74) is -0.0136. The van der Waals surface area contributed by atoms with Gasteiger partial charge in [0.05, 0.1) is 6.07 Å². The fourth-order valence-electron chi connectivity index (χ4n) is 1.54. The number of carbonyl (C=O) groups is 2. The molecule has 0 atom stereocenters. The van der Waals surface area contributed by atoms with Crippen molar-refractivity contribution in [2.45, 2.75) is 46.5 Å². The number of amides is 2. The molecule has 0 aromatic rings. The first-order valence-corrected chi connectivity index (χ1v) is 6.36.